The van der Waals surface area contributed by atoms with E-state index in [0.717, 1.165) is 30.9 Å². The van der Waals surface area contributed by atoms with Crippen molar-refractivity contribution in [2.45, 2.75) is 19.3 Å². The van der Waals surface area contributed by atoms with Crippen LogP contribution in [-0.2, 0) is 4.79 Å². The largest absolute Gasteiger partial charge is 0.355 e. The zero-order valence-corrected chi connectivity index (χ0v) is 9.22. The minimum atomic E-state index is 0.172. The lowest BCUT2D eigenvalue weighted by Gasteiger charge is -2.02. The molecule has 0 atom stereocenters. The summed E-state index contributed by atoms with van der Waals surface area (Å²) in [6, 6.07) is 0. The Labute approximate surface area is 84.3 Å². The molecule has 0 heterocycles. The Morgan fingerprint density at radius 1 is 1.50 bits per heavy atom. The van der Waals surface area contributed by atoms with Crippen LogP contribution in [-0.4, -0.2) is 30.2 Å². The van der Waals surface area contributed by atoms with Crippen LogP contribution in [0.1, 0.15) is 19.3 Å². The van der Waals surface area contributed by atoms with Crippen molar-refractivity contribution in [3.05, 3.63) is 0 Å². The molecule has 4 heteroatoms. The van der Waals surface area contributed by atoms with Crippen molar-refractivity contribution >= 4 is 30.3 Å². The van der Waals surface area contributed by atoms with Gasteiger partial charge in [0, 0.05) is 18.7 Å². The predicted octanol–water partition coefficient (Wildman–Crippen LogP) is 1.57. The van der Waals surface area contributed by atoms with Gasteiger partial charge < -0.3 is 5.32 Å². The van der Waals surface area contributed by atoms with Gasteiger partial charge >= 0.3 is 0 Å². The average Bonchev–Trinajstić information content (AvgIpc) is 2.06. The normalized spacial score (nSPS) is 9.83. The zero-order valence-electron chi connectivity index (χ0n) is 7.51. The number of carbonyl (C=O) groups excluding carboxylic acids is 1. The van der Waals surface area contributed by atoms with E-state index in [4.69, 9.17) is 0 Å². The Morgan fingerprint density at radius 3 is 2.83 bits per heavy atom. The molecule has 2 nitrogen and oxygen atoms in total. The summed E-state index contributed by atoms with van der Waals surface area (Å²) < 4.78 is 0. The van der Waals surface area contributed by atoms with E-state index in [2.05, 4.69) is 17.9 Å². The molecule has 0 aliphatic carbocycles. The van der Waals surface area contributed by atoms with Crippen LogP contribution in [0, 0.1) is 0 Å². The van der Waals surface area contributed by atoms with Gasteiger partial charge in [0.2, 0.25) is 5.91 Å². The third kappa shape index (κ3) is 8.27. The minimum absolute atomic E-state index is 0.172. The maximum atomic E-state index is 11.0. The summed E-state index contributed by atoms with van der Waals surface area (Å²) in [5.41, 5.74) is 0. The first-order valence-electron chi connectivity index (χ1n) is 4.17. The fourth-order valence-corrected chi connectivity index (χ4v) is 1.31. The molecule has 0 saturated carbocycles. The predicted molar refractivity (Wildman–Crippen MR) is 59.1 cm³/mol. The molecule has 0 rings (SSSR count). The standard InChI is InChI=1S/C8H17NOS2/c1-12-7-5-9-8(10)4-2-3-6-11/h11H,2-7H2,1H3,(H,9,10). The Bertz CT molecular complexity index is 108. The van der Waals surface area contributed by atoms with Gasteiger partial charge in [-0.1, -0.05) is 0 Å². The highest BCUT2D eigenvalue weighted by Gasteiger charge is 1.98. The third-order valence-electron chi connectivity index (χ3n) is 1.44. The summed E-state index contributed by atoms with van der Waals surface area (Å²) in [6.07, 6.45) is 4.66. The summed E-state index contributed by atoms with van der Waals surface area (Å²) in [4.78, 5) is 11.0. The fourth-order valence-electron chi connectivity index (χ4n) is 0.778. The first-order chi connectivity index (χ1) is 5.81. The molecule has 0 aromatic rings. The van der Waals surface area contributed by atoms with Crippen LogP contribution < -0.4 is 5.32 Å². The number of amides is 1. The lowest BCUT2D eigenvalue weighted by atomic mass is 10.2. The second-order valence-corrected chi connectivity index (χ2v) is 3.96. The highest BCUT2D eigenvalue weighted by Crippen LogP contribution is 1.96. The van der Waals surface area contributed by atoms with Crippen molar-refractivity contribution in [1.29, 1.82) is 0 Å². The molecule has 0 spiro atoms. The first-order valence-corrected chi connectivity index (χ1v) is 6.20. The van der Waals surface area contributed by atoms with Gasteiger partial charge in [0.05, 0.1) is 0 Å². The number of hydrogen-bond acceptors (Lipinski definition) is 3. The molecule has 12 heavy (non-hydrogen) atoms. The van der Waals surface area contributed by atoms with Crippen LogP contribution in [0.5, 0.6) is 0 Å². The molecule has 0 fully saturated rings. The Morgan fingerprint density at radius 2 is 2.25 bits per heavy atom. The number of hydrogen-bond donors (Lipinski definition) is 2. The van der Waals surface area contributed by atoms with Gasteiger partial charge in [0.15, 0.2) is 0 Å². The summed E-state index contributed by atoms with van der Waals surface area (Å²) in [5, 5.41) is 2.86. The van der Waals surface area contributed by atoms with Crippen LogP contribution in [0.3, 0.4) is 0 Å². The van der Waals surface area contributed by atoms with Crippen molar-refractivity contribution in [2.75, 3.05) is 24.3 Å². The molecule has 0 aromatic carbocycles. The molecule has 0 bridgehead atoms. The molecule has 1 amide bonds. The van der Waals surface area contributed by atoms with Gasteiger partial charge in [-0.15, -0.1) is 0 Å². The van der Waals surface area contributed by atoms with E-state index in [9.17, 15) is 4.79 Å². The number of thiol groups is 1. The van der Waals surface area contributed by atoms with Crippen molar-refractivity contribution in [1.82, 2.24) is 5.32 Å². The van der Waals surface area contributed by atoms with Crippen LogP contribution in [0.2, 0.25) is 0 Å². The summed E-state index contributed by atoms with van der Waals surface area (Å²) in [7, 11) is 0. The maximum absolute atomic E-state index is 11.0. The molecular weight excluding hydrogens is 190 g/mol. The Kier molecular flexibility index (Phi) is 9.39. The number of carbonyl (C=O) groups is 1. The second kappa shape index (κ2) is 9.26. The monoisotopic (exact) mass is 207 g/mol. The van der Waals surface area contributed by atoms with E-state index in [1.807, 2.05) is 6.26 Å². The van der Waals surface area contributed by atoms with E-state index in [1.165, 1.54) is 0 Å². The molecular formula is C8H17NOS2. The fraction of sp³-hybridized carbons (Fsp3) is 0.875. The summed E-state index contributed by atoms with van der Waals surface area (Å²) in [5.74, 6) is 2.04. The quantitative estimate of drug-likeness (QED) is 0.490. The highest BCUT2D eigenvalue weighted by molar-refractivity contribution is 7.98. The second-order valence-electron chi connectivity index (χ2n) is 2.52. The van der Waals surface area contributed by atoms with Crippen LogP contribution in [0.15, 0.2) is 0 Å². The average molecular weight is 207 g/mol. The first kappa shape index (κ1) is 12.2. The molecule has 0 aromatic heterocycles. The van der Waals surface area contributed by atoms with E-state index in [0.29, 0.717) is 6.42 Å². The summed E-state index contributed by atoms with van der Waals surface area (Å²) in [6.45, 7) is 0.793. The molecule has 1 N–H and O–H groups in total. The molecule has 0 radical (unpaired) electrons. The smallest absolute Gasteiger partial charge is 0.220 e. The van der Waals surface area contributed by atoms with E-state index >= 15 is 0 Å². The van der Waals surface area contributed by atoms with Crippen LogP contribution in [0.4, 0.5) is 0 Å². The van der Waals surface area contributed by atoms with Gasteiger partial charge in [-0.2, -0.15) is 24.4 Å². The zero-order chi connectivity index (χ0) is 9.23. The molecule has 0 unspecified atom stereocenters. The lowest BCUT2D eigenvalue weighted by Crippen LogP contribution is -2.25. The van der Waals surface area contributed by atoms with Crippen molar-refractivity contribution in [2.24, 2.45) is 0 Å². The van der Waals surface area contributed by atoms with Gasteiger partial charge in [0.1, 0.15) is 0 Å². The highest BCUT2D eigenvalue weighted by atomic mass is 32.2. The van der Waals surface area contributed by atoms with Crippen molar-refractivity contribution in [3.8, 4) is 0 Å². The van der Waals surface area contributed by atoms with Crippen molar-refractivity contribution < 1.29 is 4.79 Å². The molecule has 0 saturated heterocycles. The topological polar surface area (TPSA) is 29.1 Å². The number of unbranched alkanes of at least 4 members (excludes halogenated alkanes) is 1. The Hall–Kier alpha value is 0.170. The van der Waals surface area contributed by atoms with Crippen LogP contribution >= 0.6 is 24.4 Å². The number of nitrogens with one attached hydrogen (secondary N) is 1. The van der Waals surface area contributed by atoms with Gasteiger partial charge in [-0.05, 0) is 24.9 Å². The lowest BCUT2D eigenvalue weighted by molar-refractivity contribution is -0.121. The van der Waals surface area contributed by atoms with Crippen LogP contribution in [0.25, 0.3) is 0 Å². The third-order valence-corrected chi connectivity index (χ3v) is 2.37. The SMILES string of the molecule is CSCCNC(=O)CCCCS. The van der Waals surface area contributed by atoms with Gasteiger partial charge in [-0.25, -0.2) is 0 Å². The number of rotatable bonds is 7. The molecule has 72 valence electrons. The van der Waals surface area contributed by atoms with Gasteiger partial charge in [0.25, 0.3) is 0 Å². The van der Waals surface area contributed by atoms with E-state index in [1.54, 1.807) is 11.8 Å². The Balaban J connectivity index is 3.10. The van der Waals surface area contributed by atoms with E-state index in [-0.39, 0.29) is 5.91 Å². The molecule has 0 aliphatic heterocycles. The van der Waals surface area contributed by atoms with Gasteiger partial charge in [-0.3, -0.25) is 4.79 Å². The molecule has 0 aliphatic rings. The van der Waals surface area contributed by atoms with E-state index < -0.39 is 0 Å². The van der Waals surface area contributed by atoms with Crippen molar-refractivity contribution in [3.63, 3.8) is 0 Å². The summed E-state index contributed by atoms with van der Waals surface area (Å²) >= 11 is 5.82. The maximum Gasteiger partial charge on any atom is 0.220 e. The number of thioether (sulfide) groups is 1. The minimum Gasteiger partial charge on any atom is -0.355 e.